The lowest BCUT2D eigenvalue weighted by atomic mass is 10.2. The van der Waals surface area contributed by atoms with Crippen molar-refractivity contribution in [2.75, 3.05) is 20.3 Å². The molecule has 0 radical (unpaired) electrons. The molecular weight excluding hydrogens is 374 g/mol. The van der Waals surface area contributed by atoms with E-state index in [-0.39, 0.29) is 24.1 Å². The van der Waals surface area contributed by atoms with Gasteiger partial charge >= 0.3 is 0 Å². The van der Waals surface area contributed by atoms with Gasteiger partial charge in [0, 0.05) is 11.8 Å². The molecule has 2 amide bonds. The summed E-state index contributed by atoms with van der Waals surface area (Å²) < 4.78 is 15.8. The minimum Gasteiger partial charge on any atom is -0.497 e. The van der Waals surface area contributed by atoms with Crippen LogP contribution in [0.15, 0.2) is 65.4 Å². The van der Waals surface area contributed by atoms with E-state index in [1.54, 1.807) is 49.6 Å². The number of rotatable bonds is 9. The molecule has 0 aliphatic carbocycles. The van der Waals surface area contributed by atoms with Gasteiger partial charge in [-0.3, -0.25) is 14.6 Å². The molecule has 0 atom stereocenters. The van der Waals surface area contributed by atoms with Gasteiger partial charge in [-0.15, -0.1) is 0 Å². The summed E-state index contributed by atoms with van der Waals surface area (Å²) in [4.78, 5) is 28.5. The Bertz CT molecular complexity index is 939. The average molecular weight is 395 g/mol. The van der Waals surface area contributed by atoms with Crippen LogP contribution in [0, 0.1) is 0 Å². The van der Waals surface area contributed by atoms with Gasteiger partial charge in [0.2, 0.25) is 0 Å². The van der Waals surface area contributed by atoms with Crippen molar-refractivity contribution in [2.24, 2.45) is 0 Å². The van der Waals surface area contributed by atoms with Crippen LogP contribution < -0.4 is 20.1 Å². The van der Waals surface area contributed by atoms with Gasteiger partial charge in [0.1, 0.15) is 29.6 Å². The number of hydrogen-bond acceptors (Lipinski definition) is 6. The molecule has 150 valence electrons. The van der Waals surface area contributed by atoms with Crippen molar-refractivity contribution >= 4 is 11.8 Å². The van der Waals surface area contributed by atoms with E-state index in [9.17, 15) is 9.59 Å². The third-order valence-corrected chi connectivity index (χ3v) is 3.97. The molecule has 3 rings (SSSR count). The van der Waals surface area contributed by atoms with Gasteiger partial charge in [0.15, 0.2) is 0 Å². The van der Waals surface area contributed by atoms with Gasteiger partial charge in [-0.1, -0.05) is 0 Å². The minimum atomic E-state index is -0.385. The van der Waals surface area contributed by atoms with Gasteiger partial charge < -0.3 is 24.5 Å². The minimum absolute atomic E-state index is 0.153. The Kier molecular flexibility index (Phi) is 6.83. The van der Waals surface area contributed by atoms with E-state index >= 15 is 0 Å². The van der Waals surface area contributed by atoms with E-state index in [0.29, 0.717) is 30.2 Å². The van der Waals surface area contributed by atoms with Crippen LogP contribution in [0.1, 0.15) is 26.6 Å². The van der Waals surface area contributed by atoms with Gasteiger partial charge in [0.25, 0.3) is 11.8 Å². The summed E-state index contributed by atoms with van der Waals surface area (Å²) >= 11 is 0. The molecule has 0 aliphatic heterocycles. The molecule has 0 spiro atoms. The second-order valence-electron chi connectivity index (χ2n) is 5.97. The highest BCUT2D eigenvalue weighted by Crippen LogP contribution is 2.16. The van der Waals surface area contributed by atoms with Crippen molar-refractivity contribution in [2.45, 2.75) is 6.54 Å². The van der Waals surface area contributed by atoms with E-state index in [1.807, 2.05) is 0 Å². The predicted molar refractivity (Wildman–Crippen MR) is 105 cm³/mol. The zero-order chi connectivity index (χ0) is 20.5. The van der Waals surface area contributed by atoms with Crippen molar-refractivity contribution < 1.29 is 23.5 Å². The Labute approximate surface area is 167 Å². The summed E-state index contributed by atoms with van der Waals surface area (Å²) in [6, 6.07) is 13.6. The molecule has 0 aliphatic rings. The molecule has 3 aromatic rings. The van der Waals surface area contributed by atoms with Crippen molar-refractivity contribution in [3.63, 3.8) is 0 Å². The molecule has 29 heavy (non-hydrogen) atoms. The van der Waals surface area contributed by atoms with Gasteiger partial charge in [-0.2, -0.15) is 0 Å². The number of methoxy groups -OCH3 is 1. The molecule has 2 N–H and O–H groups in total. The lowest BCUT2D eigenvalue weighted by Crippen LogP contribution is -2.29. The summed E-state index contributed by atoms with van der Waals surface area (Å²) in [5, 5.41) is 5.44. The van der Waals surface area contributed by atoms with E-state index < -0.39 is 0 Å². The predicted octanol–water partition coefficient (Wildman–Crippen LogP) is 2.42. The lowest BCUT2D eigenvalue weighted by Gasteiger charge is -2.09. The number of hydrogen-bond donors (Lipinski definition) is 2. The van der Waals surface area contributed by atoms with Crippen LogP contribution in [0.5, 0.6) is 11.5 Å². The van der Waals surface area contributed by atoms with Crippen LogP contribution in [0.3, 0.4) is 0 Å². The highest BCUT2D eigenvalue weighted by atomic mass is 16.5. The summed E-state index contributed by atoms with van der Waals surface area (Å²) in [6.07, 6.45) is 2.96. The van der Waals surface area contributed by atoms with Crippen LogP contribution in [-0.2, 0) is 6.54 Å². The zero-order valence-corrected chi connectivity index (χ0v) is 15.9. The molecule has 0 saturated carbocycles. The summed E-state index contributed by atoms with van der Waals surface area (Å²) in [5.41, 5.74) is 0.492. The number of aromatic nitrogens is 1. The van der Waals surface area contributed by atoms with E-state index in [4.69, 9.17) is 13.9 Å². The van der Waals surface area contributed by atoms with Gasteiger partial charge in [-0.05, 0) is 48.5 Å². The van der Waals surface area contributed by atoms with Crippen molar-refractivity contribution in [3.8, 4) is 11.5 Å². The number of carbonyl (C=O) groups is 2. The maximum absolute atomic E-state index is 12.3. The number of benzene rings is 1. The smallest absolute Gasteiger partial charge is 0.270 e. The Balaban J connectivity index is 1.46. The number of nitrogens with zero attached hydrogens (tertiary/aromatic N) is 1. The number of carbonyl (C=O) groups excluding carboxylic acids is 2. The summed E-state index contributed by atoms with van der Waals surface area (Å²) in [5.74, 6) is 1.35. The van der Waals surface area contributed by atoms with Crippen molar-refractivity contribution in [3.05, 3.63) is 78.0 Å². The highest BCUT2D eigenvalue weighted by Gasteiger charge is 2.12. The fraction of sp³-hybridized carbons (Fsp3) is 0.190. The second kappa shape index (κ2) is 9.93. The van der Waals surface area contributed by atoms with Gasteiger partial charge in [-0.25, -0.2) is 0 Å². The number of nitrogens with one attached hydrogen (secondary N) is 2. The fourth-order valence-electron chi connectivity index (χ4n) is 2.47. The van der Waals surface area contributed by atoms with Crippen molar-refractivity contribution in [1.29, 1.82) is 0 Å². The molecule has 0 unspecified atom stereocenters. The number of pyridine rings is 1. The molecule has 8 nitrogen and oxygen atoms in total. The maximum Gasteiger partial charge on any atom is 0.270 e. The first-order valence-corrected chi connectivity index (χ1v) is 8.97. The van der Waals surface area contributed by atoms with E-state index in [0.717, 1.165) is 5.75 Å². The third-order valence-electron chi connectivity index (χ3n) is 3.97. The van der Waals surface area contributed by atoms with Crippen LogP contribution in [0.2, 0.25) is 0 Å². The summed E-state index contributed by atoms with van der Waals surface area (Å²) in [7, 11) is 1.59. The molecule has 0 saturated heterocycles. The normalized spacial score (nSPS) is 10.2. The van der Waals surface area contributed by atoms with Crippen LogP contribution in [0.4, 0.5) is 0 Å². The second-order valence-corrected chi connectivity index (χ2v) is 5.97. The molecule has 0 fully saturated rings. The first-order valence-electron chi connectivity index (χ1n) is 8.97. The van der Waals surface area contributed by atoms with Crippen LogP contribution in [-0.4, -0.2) is 37.1 Å². The van der Waals surface area contributed by atoms with E-state index in [2.05, 4.69) is 15.6 Å². The highest BCUT2D eigenvalue weighted by molar-refractivity contribution is 5.98. The third kappa shape index (κ3) is 5.83. The Hall–Kier alpha value is -3.81. The molecule has 1 aromatic carbocycles. The number of furan rings is 1. The molecule has 2 aromatic heterocycles. The van der Waals surface area contributed by atoms with E-state index in [1.165, 1.54) is 18.5 Å². The first-order chi connectivity index (χ1) is 14.2. The lowest BCUT2D eigenvalue weighted by molar-refractivity contribution is 0.0942. The van der Waals surface area contributed by atoms with Crippen LogP contribution >= 0.6 is 0 Å². The molecule has 2 heterocycles. The monoisotopic (exact) mass is 395 g/mol. The van der Waals surface area contributed by atoms with Crippen molar-refractivity contribution in [1.82, 2.24) is 15.6 Å². The largest absolute Gasteiger partial charge is 0.497 e. The van der Waals surface area contributed by atoms with Gasteiger partial charge in [0.05, 0.1) is 26.5 Å². The standard InChI is InChI=1S/C21H21N3O5/c1-27-16-4-6-17(7-5-16)29-12-10-23-21(26)19-13-15(8-9-22-19)20(25)24-14-18-3-2-11-28-18/h2-9,11,13H,10,12,14H2,1H3,(H,23,26)(H,24,25). The molecule has 0 bridgehead atoms. The maximum atomic E-state index is 12.3. The topological polar surface area (TPSA) is 103 Å². The zero-order valence-electron chi connectivity index (χ0n) is 15.9. The quantitative estimate of drug-likeness (QED) is 0.540. The Morgan fingerprint density at radius 1 is 1.03 bits per heavy atom. The SMILES string of the molecule is COc1ccc(OCCNC(=O)c2cc(C(=O)NCc3ccco3)ccn2)cc1. The first kappa shape index (κ1) is 19.9. The Morgan fingerprint density at radius 2 is 1.83 bits per heavy atom. The number of ether oxygens (including phenoxy) is 2. The number of amides is 2. The fourth-order valence-corrected chi connectivity index (χ4v) is 2.47. The molecule has 8 heteroatoms. The summed E-state index contributed by atoms with van der Waals surface area (Å²) in [6.45, 7) is 0.848. The average Bonchev–Trinajstić information content (AvgIpc) is 3.29. The van der Waals surface area contributed by atoms with Crippen LogP contribution in [0.25, 0.3) is 0 Å². The Morgan fingerprint density at radius 3 is 2.55 bits per heavy atom. The molecular formula is C21H21N3O5.